The Labute approximate surface area is 185 Å². The number of carboxylic acids is 1. The Morgan fingerprint density at radius 2 is 1.71 bits per heavy atom. The van der Waals surface area contributed by atoms with Crippen LogP contribution in [0.2, 0.25) is 0 Å². The molecule has 0 saturated carbocycles. The Morgan fingerprint density at radius 3 is 2.29 bits per heavy atom. The quantitative estimate of drug-likeness (QED) is 0.473. The highest BCUT2D eigenvalue weighted by Gasteiger charge is 2.44. The Hall–Kier alpha value is -3.16. The van der Waals surface area contributed by atoms with Gasteiger partial charge in [0.1, 0.15) is 0 Å². The largest absolute Gasteiger partial charge is 0.479 e. The third-order valence-corrected chi connectivity index (χ3v) is 6.18. The third kappa shape index (κ3) is 4.95. The molecule has 0 aliphatic heterocycles. The minimum absolute atomic E-state index is 0.107. The van der Waals surface area contributed by atoms with E-state index in [4.69, 9.17) is 5.73 Å². The molecule has 160 valence electrons. The highest BCUT2D eigenvalue weighted by atomic mass is 32.2. The van der Waals surface area contributed by atoms with Gasteiger partial charge in [-0.2, -0.15) is 11.8 Å². The molecule has 0 fully saturated rings. The number of nitrogens with two attached hydrogens (primary N) is 1. The minimum Gasteiger partial charge on any atom is -0.479 e. The first-order valence-electron chi connectivity index (χ1n) is 9.85. The second-order valence-corrected chi connectivity index (χ2v) is 8.12. The second kappa shape index (κ2) is 10.2. The van der Waals surface area contributed by atoms with Crippen LogP contribution in [0.4, 0.5) is 0 Å². The van der Waals surface area contributed by atoms with Crippen LogP contribution in [-0.4, -0.2) is 28.2 Å². The van der Waals surface area contributed by atoms with Crippen molar-refractivity contribution in [1.29, 1.82) is 0 Å². The Bertz CT molecular complexity index is 1030. The van der Waals surface area contributed by atoms with Crippen LogP contribution < -0.4 is 11.1 Å². The highest BCUT2D eigenvalue weighted by molar-refractivity contribution is 7.98. The maximum absolute atomic E-state index is 13.1. The number of hydrogen-bond donors (Lipinski definition) is 3. The van der Waals surface area contributed by atoms with Gasteiger partial charge in [0, 0.05) is 24.7 Å². The molecule has 0 radical (unpaired) electrons. The minimum atomic E-state index is -1.65. The summed E-state index contributed by atoms with van der Waals surface area (Å²) < 4.78 is 0. The van der Waals surface area contributed by atoms with Gasteiger partial charge in [0.25, 0.3) is 5.91 Å². The van der Waals surface area contributed by atoms with E-state index in [1.807, 2.05) is 24.5 Å². The fourth-order valence-electron chi connectivity index (χ4n) is 3.57. The number of thioether (sulfide) groups is 1. The molecular formula is C24H25N3O3S. The lowest BCUT2D eigenvalue weighted by Crippen LogP contribution is -2.52. The Morgan fingerprint density at radius 1 is 1.06 bits per heavy atom. The average Bonchev–Trinajstić information content (AvgIpc) is 2.82. The molecule has 3 rings (SSSR count). The molecule has 0 saturated heterocycles. The van der Waals surface area contributed by atoms with E-state index >= 15 is 0 Å². The first kappa shape index (κ1) is 22.5. The number of carboxylic acid groups (broad SMARTS) is 1. The van der Waals surface area contributed by atoms with Crippen LogP contribution in [0.1, 0.15) is 38.8 Å². The number of nitrogens with zero attached hydrogens (tertiary/aromatic N) is 1. The SMILES string of the molecule is CSC(C[C@](NC(=O)c1ccccc1)(C(=O)O)c1ccccc1)c1ncccc1CN. The van der Waals surface area contributed by atoms with Crippen LogP contribution >= 0.6 is 11.8 Å². The van der Waals surface area contributed by atoms with Crippen molar-refractivity contribution in [3.63, 3.8) is 0 Å². The molecule has 7 heteroatoms. The molecule has 4 N–H and O–H groups in total. The van der Waals surface area contributed by atoms with Crippen molar-refractivity contribution in [2.75, 3.05) is 6.26 Å². The predicted molar refractivity (Wildman–Crippen MR) is 123 cm³/mol. The molecule has 1 amide bonds. The molecule has 1 aromatic heterocycles. The molecule has 1 heterocycles. The molecule has 6 nitrogen and oxygen atoms in total. The Kier molecular flexibility index (Phi) is 7.44. The standard InChI is InChI=1S/C24H25N3O3S/c1-31-20(21-18(16-25)11-8-14-26-21)15-24(23(29)30,19-12-6-3-7-13-19)27-22(28)17-9-4-2-5-10-17/h2-14,20H,15-16,25H2,1H3,(H,27,28)(H,29,30)/t20?,24-/m1/s1. The van der Waals surface area contributed by atoms with Crippen LogP contribution in [0.5, 0.6) is 0 Å². The smallest absolute Gasteiger partial charge is 0.334 e. The van der Waals surface area contributed by atoms with Gasteiger partial charge in [-0.25, -0.2) is 4.79 Å². The lowest BCUT2D eigenvalue weighted by molar-refractivity contribution is -0.145. The van der Waals surface area contributed by atoms with Crippen molar-refractivity contribution in [2.45, 2.75) is 23.8 Å². The van der Waals surface area contributed by atoms with E-state index in [0.29, 0.717) is 17.7 Å². The fraction of sp³-hybridized carbons (Fsp3) is 0.208. The fourth-order valence-corrected chi connectivity index (χ4v) is 4.42. The third-order valence-electron chi connectivity index (χ3n) is 5.22. The van der Waals surface area contributed by atoms with Crippen LogP contribution in [0.3, 0.4) is 0 Å². The van der Waals surface area contributed by atoms with Crippen LogP contribution in [0.25, 0.3) is 0 Å². The summed E-state index contributed by atoms with van der Waals surface area (Å²) in [5.74, 6) is -1.58. The predicted octanol–water partition coefficient (Wildman–Crippen LogP) is 3.74. The number of hydrogen-bond acceptors (Lipinski definition) is 5. The summed E-state index contributed by atoms with van der Waals surface area (Å²) in [7, 11) is 0. The van der Waals surface area contributed by atoms with Gasteiger partial charge in [0.05, 0.1) is 10.9 Å². The van der Waals surface area contributed by atoms with Gasteiger partial charge in [0.2, 0.25) is 0 Å². The molecular weight excluding hydrogens is 410 g/mol. The number of pyridine rings is 1. The van der Waals surface area contributed by atoms with E-state index in [2.05, 4.69) is 10.3 Å². The number of aromatic nitrogens is 1. The zero-order chi connectivity index (χ0) is 22.3. The first-order valence-corrected chi connectivity index (χ1v) is 11.1. The van der Waals surface area contributed by atoms with Crippen molar-refractivity contribution in [3.8, 4) is 0 Å². The number of amides is 1. The Balaban J connectivity index is 2.08. The van der Waals surface area contributed by atoms with Gasteiger partial charge in [0.15, 0.2) is 5.54 Å². The van der Waals surface area contributed by atoms with Gasteiger partial charge in [-0.15, -0.1) is 0 Å². The van der Waals surface area contributed by atoms with Gasteiger partial charge >= 0.3 is 5.97 Å². The molecule has 0 aliphatic rings. The molecule has 3 aromatic rings. The average molecular weight is 436 g/mol. The van der Waals surface area contributed by atoms with Crippen molar-refractivity contribution >= 4 is 23.6 Å². The normalized spacial score (nSPS) is 13.7. The van der Waals surface area contributed by atoms with Crippen molar-refractivity contribution < 1.29 is 14.7 Å². The maximum Gasteiger partial charge on any atom is 0.334 e. The van der Waals surface area contributed by atoms with E-state index in [1.54, 1.807) is 60.8 Å². The number of benzene rings is 2. The van der Waals surface area contributed by atoms with Gasteiger partial charge in [-0.3, -0.25) is 9.78 Å². The first-order chi connectivity index (χ1) is 15.0. The van der Waals surface area contributed by atoms with E-state index in [1.165, 1.54) is 11.8 Å². The lowest BCUT2D eigenvalue weighted by atomic mass is 9.83. The summed E-state index contributed by atoms with van der Waals surface area (Å²) in [6.45, 7) is 0.294. The summed E-state index contributed by atoms with van der Waals surface area (Å²) in [6.07, 6.45) is 3.68. The number of carbonyl (C=O) groups excluding carboxylic acids is 1. The zero-order valence-corrected chi connectivity index (χ0v) is 18.0. The summed E-state index contributed by atoms with van der Waals surface area (Å²) in [5, 5.41) is 12.9. The topological polar surface area (TPSA) is 105 Å². The van der Waals surface area contributed by atoms with Gasteiger partial charge in [-0.05, 0) is 35.6 Å². The molecule has 2 aromatic carbocycles. The molecule has 0 bridgehead atoms. The van der Waals surface area contributed by atoms with Gasteiger partial charge < -0.3 is 16.2 Å². The second-order valence-electron chi connectivity index (χ2n) is 7.08. The molecule has 1 unspecified atom stereocenters. The lowest BCUT2D eigenvalue weighted by Gasteiger charge is -2.34. The van der Waals surface area contributed by atoms with Crippen molar-refractivity contribution in [3.05, 3.63) is 101 Å². The molecule has 2 atom stereocenters. The number of carbonyl (C=O) groups is 2. The van der Waals surface area contributed by atoms with Crippen LogP contribution in [0.15, 0.2) is 79.0 Å². The molecule has 0 spiro atoms. The van der Waals surface area contributed by atoms with E-state index in [0.717, 1.165) is 11.3 Å². The number of nitrogens with one attached hydrogen (secondary N) is 1. The number of aliphatic carboxylic acids is 1. The van der Waals surface area contributed by atoms with E-state index < -0.39 is 17.4 Å². The highest BCUT2D eigenvalue weighted by Crippen LogP contribution is 2.40. The maximum atomic E-state index is 13.1. The molecule has 31 heavy (non-hydrogen) atoms. The van der Waals surface area contributed by atoms with Gasteiger partial charge in [-0.1, -0.05) is 54.6 Å². The summed E-state index contributed by atoms with van der Waals surface area (Å²) in [5.41, 5.74) is 6.72. The van der Waals surface area contributed by atoms with E-state index in [-0.39, 0.29) is 11.7 Å². The van der Waals surface area contributed by atoms with Crippen LogP contribution in [-0.2, 0) is 16.9 Å². The van der Waals surface area contributed by atoms with Crippen molar-refractivity contribution in [2.24, 2.45) is 5.73 Å². The van der Waals surface area contributed by atoms with Crippen molar-refractivity contribution in [1.82, 2.24) is 10.3 Å². The number of rotatable bonds is 9. The monoisotopic (exact) mass is 435 g/mol. The summed E-state index contributed by atoms with van der Waals surface area (Å²) >= 11 is 1.48. The summed E-state index contributed by atoms with van der Waals surface area (Å²) in [4.78, 5) is 30.3. The molecule has 0 aliphatic carbocycles. The summed E-state index contributed by atoms with van der Waals surface area (Å²) in [6, 6.07) is 21.1. The zero-order valence-electron chi connectivity index (χ0n) is 17.2. The van der Waals surface area contributed by atoms with E-state index in [9.17, 15) is 14.7 Å². The van der Waals surface area contributed by atoms with Crippen LogP contribution in [0, 0.1) is 0 Å².